The molecule has 4 nitrogen and oxygen atoms in total. The summed E-state index contributed by atoms with van der Waals surface area (Å²) >= 11 is 1.60. The molecule has 2 rings (SSSR count). The van der Waals surface area contributed by atoms with E-state index in [1.165, 1.54) is 6.33 Å². The molecule has 16 heavy (non-hydrogen) atoms. The van der Waals surface area contributed by atoms with Gasteiger partial charge >= 0.3 is 0 Å². The van der Waals surface area contributed by atoms with Crippen molar-refractivity contribution in [2.45, 2.75) is 20.3 Å². The van der Waals surface area contributed by atoms with Crippen LogP contribution < -0.4 is 0 Å². The number of aryl methyl sites for hydroxylation is 1. The van der Waals surface area contributed by atoms with Crippen LogP contribution in [0.2, 0.25) is 0 Å². The summed E-state index contributed by atoms with van der Waals surface area (Å²) in [6.07, 6.45) is 6.12. The molecular formula is C11H12N4S. The van der Waals surface area contributed by atoms with E-state index in [0.29, 0.717) is 5.82 Å². The Balaban J connectivity index is 2.37. The smallest absolute Gasteiger partial charge is 0.195 e. The topological polar surface area (TPSA) is 50.5 Å². The summed E-state index contributed by atoms with van der Waals surface area (Å²) < 4.78 is 0.994. The van der Waals surface area contributed by atoms with Gasteiger partial charge in [0.2, 0.25) is 0 Å². The van der Waals surface area contributed by atoms with Crippen molar-refractivity contribution in [2.75, 3.05) is 0 Å². The van der Waals surface area contributed by atoms with Crippen LogP contribution in [0.3, 0.4) is 0 Å². The Morgan fingerprint density at radius 3 is 3.12 bits per heavy atom. The van der Waals surface area contributed by atoms with E-state index in [4.69, 9.17) is 0 Å². The summed E-state index contributed by atoms with van der Waals surface area (Å²) in [4.78, 5) is 8.35. The molecule has 0 unspecified atom stereocenters. The number of aromatic nitrogens is 2. The second-order valence-electron chi connectivity index (χ2n) is 3.30. The van der Waals surface area contributed by atoms with Gasteiger partial charge in [-0.2, -0.15) is 5.11 Å². The van der Waals surface area contributed by atoms with Crippen LogP contribution in [-0.2, 0) is 0 Å². The standard InChI is InChI=1S/C11H12N4S/c1-3-4-5-14-15-11-10-9(12-7-13-11)8(2)6-16-10/h4-7H,3H2,1-2H3. The van der Waals surface area contributed by atoms with E-state index in [-0.39, 0.29) is 0 Å². The minimum Gasteiger partial charge on any atom is -0.235 e. The van der Waals surface area contributed by atoms with E-state index in [9.17, 15) is 0 Å². The first-order valence-electron chi connectivity index (χ1n) is 5.07. The summed E-state index contributed by atoms with van der Waals surface area (Å²) in [7, 11) is 0. The number of azo groups is 1. The normalized spacial score (nSPS) is 12.1. The van der Waals surface area contributed by atoms with Crippen LogP contribution in [-0.4, -0.2) is 9.97 Å². The maximum atomic E-state index is 4.23. The van der Waals surface area contributed by atoms with Crippen molar-refractivity contribution in [1.29, 1.82) is 0 Å². The van der Waals surface area contributed by atoms with Crippen LogP contribution in [0.25, 0.3) is 10.2 Å². The third kappa shape index (κ3) is 2.14. The first kappa shape index (κ1) is 10.9. The van der Waals surface area contributed by atoms with Crippen LogP contribution in [0.1, 0.15) is 18.9 Å². The van der Waals surface area contributed by atoms with Crippen molar-refractivity contribution >= 4 is 27.4 Å². The Kier molecular flexibility index (Phi) is 3.36. The van der Waals surface area contributed by atoms with Crippen LogP contribution in [0.15, 0.2) is 34.2 Å². The molecule has 2 aromatic rings. The van der Waals surface area contributed by atoms with Crippen molar-refractivity contribution in [3.63, 3.8) is 0 Å². The van der Waals surface area contributed by atoms with E-state index in [2.05, 4.69) is 32.5 Å². The summed E-state index contributed by atoms with van der Waals surface area (Å²) in [5, 5.41) is 10.1. The SMILES string of the molecule is CCC=CN=Nc1ncnc2c(C)csc12. The fourth-order valence-electron chi connectivity index (χ4n) is 1.27. The van der Waals surface area contributed by atoms with E-state index in [1.54, 1.807) is 17.5 Å². The molecule has 0 N–H and O–H groups in total. The quantitative estimate of drug-likeness (QED) is 0.751. The third-order valence-electron chi connectivity index (χ3n) is 2.07. The zero-order chi connectivity index (χ0) is 11.4. The Morgan fingerprint density at radius 1 is 1.44 bits per heavy atom. The minimum absolute atomic E-state index is 0.642. The summed E-state index contributed by atoms with van der Waals surface area (Å²) in [5.41, 5.74) is 2.12. The lowest BCUT2D eigenvalue weighted by molar-refractivity contribution is 1.12. The van der Waals surface area contributed by atoms with Crippen molar-refractivity contribution < 1.29 is 0 Å². The highest BCUT2D eigenvalue weighted by molar-refractivity contribution is 7.17. The molecule has 0 aromatic carbocycles. The first-order valence-corrected chi connectivity index (χ1v) is 5.95. The molecule has 5 heteroatoms. The molecule has 0 aliphatic rings. The van der Waals surface area contributed by atoms with Gasteiger partial charge in [0.25, 0.3) is 0 Å². The molecule has 0 amide bonds. The van der Waals surface area contributed by atoms with Gasteiger partial charge in [0, 0.05) is 6.20 Å². The molecule has 0 aliphatic carbocycles. The van der Waals surface area contributed by atoms with Gasteiger partial charge in [0.05, 0.1) is 10.2 Å². The Labute approximate surface area is 97.8 Å². The Hall–Kier alpha value is -1.62. The summed E-state index contributed by atoms with van der Waals surface area (Å²) in [6, 6.07) is 0. The summed E-state index contributed by atoms with van der Waals surface area (Å²) in [6.45, 7) is 4.08. The van der Waals surface area contributed by atoms with Crippen molar-refractivity contribution in [3.8, 4) is 0 Å². The van der Waals surface area contributed by atoms with Gasteiger partial charge in [-0.05, 0) is 24.3 Å². The Bertz CT molecular complexity index is 542. The number of thiophene rings is 1. The molecular weight excluding hydrogens is 220 g/mol. The maximum Gasteiger partial charge on any atom is 0.195 e. The highest BCUT2D eigenvalue weighted by atomic mass is 32.1. The van der Waals surface area contributed by atoms with Gasteiger partial charge in [0.15, 0.2) is 5.82 Å². The number of hydrogen-bond donors (Lipinski definition) is 0. The van der Waals surface area contributed by atoms with E-state index < -0.39 is 0 Å². The zero-order valence-corrected chi connectivity index (χ0v) is 10.0. The third-order valence-corrected chi connectivity index (χ3v) is 3.16. The minimum atomic E-state index is 0.642. The van der Waals surface area contributed by atoms with Gasteiger partial charge in [-0.15, -0.1) is 16.5 Å². The van der Waals surface area contributed by atoms with Gasteiger partial charge in [-0.3, -0.25) is 0 Å². The fourth-order valence-corrected chi connectivity index (χ4v) is 2.20. The molecule has 82 valence electrons. The molecule has 0 saturated carbocycles. The first-order chi connectivity index (χ1) is 7.83. The number of fused-ring (bicyclic) bond motifs is 1. The molecule has 2 heterocycles. The van der Waals surface area contributed by atoms with Gasteiger partial charge in [0.1, 0.15) is 6.33 Å². The Morgan fingerprint density at radius 2 is 2.31 bits per heavy atom. The van der Waals surface area contributed by atoms with Gasteiger partial charge in [-0.25, -0.2) is 9.97 Å². The largest absolute Gasteiger partial charge is 0.235 e. The predicted molar refractivity (Wildman–Crippen MR) is 66.1 cm³/mol. The lowest BCUT2D eigenvalue weighted by Gasteiger charge is -1.92. The van der Waals surface area contributed by atoms with Crippen molar-refractivity contribution in [1.82, 2.24) is 9.97 Å². The van der Waals surface area contributed by atoms with E-state index in [0.717, 1.165) is 22.2 Å². The predicted octanol–water partition coefficient (Wildman–Crippen LogP) is 4.01. The van der Waals surface area contributed by atoms with E-state index in [1.807, 2.05) is 13.0 Å². The van der Waals surface area contributed by atoms with Crippen molar-refractivity contribution in [2.24, 2.45) is 10.2 Å². The molecule has 0 radical (unpaired) electrons. The van der Waals surface area contributed by atoms with Gasteiger partial charge < -0.3 is 0 Å². The monoisotopic (exact) mass is 232 g/mol. The van der Waals surface area contributed by atoms with Crippen LogP contribution in [0.5, 0.6) is 0 Å². The van der Waals surface area contributed by atoms with Gasteiger partial charge in [-0.1, -0.05) is 13.0 Å². The molecule has 2 aromatic heterocycles. The maximum absolute atomic E-state index is 4.23. The molecule has 0 fully saturated rings. The number of rotatable bonds is 3. The average Bonchev–Trinajstić information content (AvgIpc) is 2.68. The molecule has 0 saturated heterocycles. The lowest BCUT2D eigenvalue weighted by Crippen LogP contribution is -1.79. The van der Waals surface area contributed by atoms with Crippen LogP contribution in [0, 0.1) is 6.92 Å². The molecule has 0 aliphatic heterocycles. The number of hydrogen-bond acceptors (Lipinski definition) is 5. The van der Waals surface area contributed by atoms with E-state index >= 15 is 0 Å². The van der Waals surface area contributed by atoms with Crippen molar-refractivity contribution in [3.05, 3.63) is 29.5 Å². The zero-order valence-electron chi connectivity index (χ0n) is 9.21. The highest BCUT2D eigenvalue weighted by Gasteiger charge is 2.06. The number of nitrogens with zero attached hydrogens (tertiary/aromatic N) is 4. The van der Waals surface area contributed by atoms with Crippen LogP contribution >= 0.6 is 11.3 Å². The highest BCUT2D eigenvalue weighted by Crippen LogP contribution is 2.30. The molecule has 0 atom stereocenters. The number of allylic oxidation sites excluding steroid dienone is 1. The second kappa shape index (κ2) is 4.94. The molecule has 0 spiro atoms. The lowest BCUT2D eigenvalue weighted by atomic mass is 10.3. The summed E-state index contributed by atoms with van der Waals surface area (Å²) in [5.74, 6) is 0.642. The van der Waals surface area contributed by atoms with Crippen LogP contribution in [0.4, 0.5) is 5.82 Å². The average molecular weight is 232 g/mol. The fraction of sp³-hybridized carbons (Fsp3) is 0.273. The molecule has 0 bridgehead atoms. The second-order valence-corrected chi connectivity index (χ2v) is 4.18.